The molecular weight excluding hydrogens is 281 g/mol. The van der Waals surface area contributed by atoms with E-state index in [-0.39, 0.29) is 24.0 Å². The topological polar surface area (TPSA) is 44.4 Å². The molecule has 0 spiro atoms. The van der Waals surface area contributed by atoms with Crippen LogP contribution >= 0.6 is 12.4 Å². The van der Waals surface area contributed by atoms with Crippen LogP contribution in [0.2, 0.25) is 0 Å². The highest BCUT2D eigenvalue weighted by Gasteiger charge is 2.19. The standard InChI is InChI=1S/C14H20FN3O.ClH/c1-16-11-6-8-18(9-7-11)10-14(19)17-13-5-3-2-4-12(13)15;/h2-5,11,16H,6-10H2,1H3,(H,17,19);1H. The number of nitrogens with zero attached hydrogens (tertiary/aromatic N) is 1. The van der Waals surface area contributed by atoms with Gasteiger partial charge in [-0.05, 0) is 32.0 Å². The normalized spacial score (nSPS) is 16.5. The lowest BCUT2D eigenvalue weighted by Crippen LogP contribution is -2.44. The van der Waals surface area contributed by atoms with Gasteiger partial charge in [-0.2, -0.15) is 0 Å². The first-order valence-corrected chi connectivity index (χ1v) is 6.63. The third-order valence-corrected chi connectivity index (χ3v) is 3.51. The zero-order valence-electron chi connectivity index (χ0n) is 11.6. The second-order valence-electron chi connectivity index (χ2n) is 4.87. The fourth-order valence-corrected chi connectivity index (χ4v) is 2.34. The summed E-state index contributed by atoms with van der Waals surface area (Å²) < 4.78 is 13.4. The van der Waals surface area contributed by atoms with Crippen LogP contribution in [-0.4, -0.2) is 43.5 Å². The van der Waals surface area contributed by atoms with Crippen molar-refractivity contribution in [2.24, 2.45) is 0 Å². The van der Waals surface area contributed by atoms with Crippen molar-refractivity contribution in [2.45, 2.75) is 18.9 Å². The number of amides is 1. The quantitative estimate of drug-likeness (QED) is 0.892. The Hall–Kier alpha value is -1.17. The number of hydrogen-bond acceptors (Lipinski definition) is 3. The number of carbonyl (C=O) groups is 1. The summed E-state index contributed by atoms with van der Waals surface area (Å²) in [4.78, 5) is 14.0. The largest absolute Gasteiger partial charge is 0.322 e. The maximum Gasteiger partial charge on any atom is 0.238 e. The molecule has 0 radical (unpaired) electrons. The predicted octanol–water partition coefficient (Wildman–Crippen LogP) is 1.87. The molecule has 0 atom stereocenters. The summed E-state index contributed by atoms with van der Waals surface area (Å²) in [6.45, 7) is 2.12. The van der Waals surface area contributed by atoms with E-state index in [9.17, 15) is 9.18 Å². The molecule has 1 aromatic carbocycles. The first-order valence-electron chi connectivity index (χ1n) is 6.63. The number of halogens is 2. The van der Waals surface area contributed by atoms with Gasteiger partial charge in [-0.25, -0.2) is 4.39 Å². The molecule has 0 saturated carbocycles. The molecule has 1 saturated heterocycles. The van der Waals surface area contributed by atoms with E-state index in [1.807, 2.05) is 7.05 Å². The van der Waals surface area contributed by atoms with Crippen molar-refractivity contribution in [3.05, 3.63) is 30.1 Å². The van der Waals surface area contributed by atoms with E-state index in [2.05, 4.69) is 15.5 Å². The smallest absolute Gasteiger partial charge is 0.238 e. The Bertz CT molecular complexity index is 436. The molecule has 4 nitrogen and oxygen atoms in total. The van der Waals surface area contributed by atoms with Gasteiger partial charge in [-0.3, -0.25) is 9.69 Å². The van der Waals surface area contributed by atoms with Gasteiger partial charge < -0.3 is 10.6 Å². The molecule has 1 aliphatic heterocycles. The lowest BCUT2D eigenvalue weighted by Gasteiger charge is -2.31. The highest BCUT2D eigenvalue weighted by Crippen LogP contribution is 2.13. The Balaban J connectivity index is 0.00000200. The van der Waals surface area contributed by atoms with Crippen LogP contribution < -0.4 is 10.6 Å². The first kappa shape index (κ1) is 16.9. The molecule has 1 aromatic rings. The summed E-state index contributed by atoms with van der Waals surface area (Å²) in [7, 11) is 1.96. The minimum atomic E-state index is -0.398. The third-order valence-electron chi connectivity index (χ3n) is 3.51. The number of likely N-dealkylation sites (tertiary alicyclic amines) is 1. The van der Waals surface area contributed by atoms with Gasteiger partial charge in [0.05, 0.1) is 12.2 Å². The Kier molecular flexibility index (Phi) is 6.91. The molecule has 6 heteroatoms. The van der Waals surface area contributed by atoms with E-state index < -0.39 is 5.82 Å². The predicted molar refractivity (Wildman–Crippen MR) is 80.8 cm³/mol. The number of nitrogens with one attached hydrogen (secondary N) is 2. The Morgan fingerprint density at radius 1 is 1.35 bits per heavy atom. The van der Waals surface area contributed by atoms with Gasteiger partial charge in [0.25, 0.3) is 0 Å². The summed E-state index contributed by atoms with van der Waals surface area (Å²) in [5.74, 6) is -0.558. The SMILES string of the molecule is CNC1CCN(CC(=O)Nc2ccccc2F)CC1.Cl. The van der Waals surface area contributed by atoms with E-state index >= 15 is 0 Å². The van der Waals surface area contributed by atoms with Crippen molar-refractivity contribution in [2.75, 3.05) is 32.0 Å². The number of benzene rings is 1. The molecule has 20 heavy (non-hydrogen) atoms. The molecule has 1 heterocycles. The second kappa shape index (κ2) is 8.19. The van der Waals surface area contributed by atoms with Crippen LogP contribution in [0.1, 0.15) is 12.8 Å². The molecule has 0 bridgehead atoms. The molecule has 1 aliphatic rings. The van der Waals surface area contributed by atoms with Crippen LogP contribution in [0.15, 0.2) is 24.3 Å². The van der Waals surface area contributed by atoms with Crippen LogP contribution in [0.4, 0.5) is 10.1 Å². The molecular formula is C14H21ClFN3O. The number of anilines is 1. The number of piperidine rings is 1. The lowest BCUT2D eigenvalue weighted by molar-refractivity contribution is -0.117. The van der Waals surface area contributed by atoms with Crippen LogP contribution in [0.3, 0.4) is 0 Å². The van der Waals surface area contributed by atoms with E-state index in [1.165, 1.54) is 6.07 Å². The van der Waals surface area contributed by atoms with Gasteiger partial charge in [-0.1, -0.05) is 12.1 Å². The maximum atomic E-state index is 13.4. The van der Waals surface area contributed by atoms with Gasteiger partial charge in [0.15, 0.2) is 0 Å². The minimum absolute atomic E-state index is 0. The molecule has 2 rings (SSSR count). The Morgan fingerprint density at radius 3 is 2.60 bits per heavy atom. The van der Waals surface area contributed by atoms with Crippen molar-refractivity contribution in [1.29, 1.82) is 0 Å². The van der Waals surface area contributed by atoms with Crippen LogP contribution in [0, 0.1) is 5.82 Å². The van der Waals surface area contributed by atoms with Crippen molar-refractivity contribution in [1.82, 2.24) is 10.2 Å². The van der Waals surface area contributed by atoms with E-state index in [4.69, 9.17) is 0 Å². The van der Waals surface area contributed by atoms with E-state index in [0.29, 0.717) is 12.6 Å². The number of carbonyl (C=O) groups excluding carboxylic acids is 1. The zero-order chi connectivity index (χ0) is 13.7. The number of hydrogen-bond donors (Lipinski definition) is 2. The summed E-state index contributed by atoms with van der Waals surface area (Å²) in [6, 6.07) is 6.77. The van der Waals surface area contributed by atoms with Crippen LogP contribution in [0.25, 0.3) is 0 Å². The second-order valence-corrected chi connectivity index (χ2v) is 4.87. The number of rotatable bonds is 4. The first-order chi connectivity index (χ1) is 9.19. The maximum absolute atomic E-state index is 13.4. The van der Waals surface area contributed by atoms with Crippen molar-refractivity contribution >= 4 is 24.0 Å². The van der Waals surface area contributed by atoms with Gasteiger partial charge in [-0.15, -0.1) is 12.4 Å². The highest BCUT2D eigenvalue weighted by molar-refractivity contribution is 5.92. The average Bonchev–Trinajstić information content (AvgIpc) is 2.42. The van der Waals surface area contributed by atoms with Crippen LogP contribution in [-0.2, 0) is 4.79 Å². The summed E-state index contributed by atoms with van der Waals surface area (Å²) in [5.41, 5.74) is 0.248. The van der Waals surface area contributed by atoms with Gasteiger partial charge >= 0.3 is 0 Å². The average molecular weight is 302 g/mol. The molecule has 0 aromatic heterocycles. The molecule has 112 valence electrons. The van der Waals surface area contributed by atoms with E-state index in [1.54, 1.807) is 18.2 Å². The Morgan fingerprint density at radius 2 is 2.00 bits per heavy atom. The zero-order valence-corrected chi connectivity index (χ0v) is 12.4. The molecule has 1 amide bonds. The highest BCUT2D eigenvalue weighted by atomic mass is 35.5. The summed E-state index contributed by atoms with van der Waals surface area (Å²) >= 11 is 0. The fourth-order valence-electron chi connectivity index (χ4n) is 2.34. The summed E-state index contributed by atoms with van der Waals surface area (Å²) in [5, 5.41) is 5.86. The van der Waals surface area contributed by atoms with Crippen molar-refractivity contribution in [3.8, 4) is 0 Å². The van der Waals surface area contributed by atoms with Crippen molar-refractivity contribution < 1.29 is 9.18 Å². The van der Waals surface area contributed by atoms with E-state index in [0.717, 1.165) is 25.9 Å². The molecule has 2 N–H and O–H groups in total. The fraction of sp³-hybridized carbons (Fsp3) is 0.500. The van der Waals surface area contributed by atoms with Gasteiger partial charge in [0.2, 0.25) is 5.91 Å². The molecule has 0 unspecified atom stereocenters. The molecule has 1 fully saturated rings. The van der Waals surface area contributed by atoms with Gasteiger partial charge in [0, 0.05) is 19.1 Å². The lowest BCUT2D eigenvalue weighted by atomic mass is 10.1. The summed E-state index contributed by atoms with van der Waals surface area (Å²) in [6.07, 6.45) is 2.09. The Labute approximate surface area is 125 Å². The minimum Gasteiger partial charge on any atom is -0.322 e. The van der Waals surface area contributed by atoms with Gasteiger partial charge in [0.1, 0.15) is 5.82 Å². The monoisotopic (exact) mass is 301 g/mol. The third kappa shape index (κ3) is 4.74. The van der Waals surface area contributed by atoms with Crippen molar-refractivity contribution in [3.63, 3.8) is 0 Å². The molecule has 0 aliphatic carbocycles. The number of para-hydroxylation sites is 1. The van der Waals surface area contributed by atoms with Crippen LogP contribution in [0.5, 0.6) is 0 Å².